The van der Waals surface area contributed by atoms with Gasteiger partial charge in [-0.2, -0.15) is 0 Å². The molecule has 2 fully saturated rings. The molecule has 3 aromatic rings. The highest BCUT2D eigenvalue weighted by Gasteiger charge is 2.50. The van der Waals surface area contributed by atoms with E-state index in [1.54, 1.807) is 7.11 Å². The van der Waals surface area contributed by atoms with Crippen LogP contribution in [0.4, 0.5) is 5.69 Å². The second kappa shape index (κ2) is 12.9. The number of hydrogen-bond donors (Lipinski definition) is 1. The van der Waals surface area contributed by atoms with Crippen LogP contribution in [0.1, 0.15) is 43.9 Å². The molecule has 220 valence electrons. The number of nitrogens with zero attached hydrogens (tertiary/aromatic N) is 4. The van der Waals surface area contributed by atoms with Crippen molar-refractivity contribution in [2.45, 2.75) is 82.8 Å². The normalized spacial score (nSPS) is 23.0. The smallest absolute Gasteiger partial charge is 0.227 e. The highest BCUT2D eigenvalue weighted by molar-refractivity contribution is 6.91. The molecule has 0 saturated carbocycles. The largest absolute Gasteiger partial charge is 0.497 e. The number of anilines is 1. The zero-order valence-electron chi connectivity index (χ0n) is 24.8. The van der Waals surface area contributed by atoms with Gasteiger partial charge in [0.2, 0.25) is 5.91 Å². The fraction of sp³-hybridized carbons (Fsp3) is 0.531. The van der Waals surface area contributed by atoms with Gasteiger partial charge in [0.1, 0.15) is 5.75 Å². The Morgan fingerprint density at radius 3 is 2.46 bits per heavy atom. The summed E-state index contributed by atoms with van der Waals surface area (Å²) in [6.07, 6.45) is 7.14. The van der Waals surface area contributed by atoms with Crippen molar-refractivity contribution in [2.24, 2.45) is 5.92 Å². The Morgan fingerprint density at radius 1 is 1.05 bits per heavy atom. The average molecular weight is 577 g/mol. The molecule has 8 nitrogen and oxygen atoms in total. The van der Waals surface area contributed by atoms with Crippen molar-refractivity contribution in [1.29, 1.82) is 0 Å². The van der Waals surface area contributed by atoms with Gasteiger partial charge in [-0.25, -0.2) is 0 Å². The van der Waals surface area contributed by atoms with Gasteiger partial charge in [-0.05, 0) is 67.0 Å². The molecule has 1 aromatic heterocycles. The van der Waals surface area contributed by atoms with E-state index in [2.05, 4.69) is 78.9 Å². The molecule has 0 spiro atoms. The standard InChI is InChI=1S/C32H44N4O4Si/c1-23-29(16-9-24-7-10-26(11-8-24)36-19-5-6-31(36)38)40-30(17-20-35-22-25(18-21-37)33-34-35)32(23)41(3,4)28-14-12-27(39-2)13-15-28/h7-8,10-15,22-23,29-30,32,37H,5-6,9,16-21H2,1-4H3/t23-,29+,30-,32+/m1/s1. The average Bonchev–Trinajstić information content (AvgIpc) is 3.70. The molecule has 0 bridgehead atoms. The Balaban J connectivity index is 1.30. The van der Waals surface area contributed by atoms with E-state index in [1.165, 1.54) is 10.8 Å². The number of aryl methyl sites for hydroxylation is 2. The van der Waals surface area contributed by atoms with Crippen LogP contribution in [0.25, 0.3) is 0 Å². The lowest BCUT2D eigenvalue weighted by Crippen LogP contribution is -2.50. The Kier molecular flexibility index (Phi) is 9.26. The van der Waals surface area contributed by atoms with Crippen molar-refractivity contribution in [3.8, 4) is 5.75 Å². The molecule has 0 aliphatic carbocycles. The van der Waals surface area contributed by atoms with Crippen LogP contribution in [-0.4, -0.2) is 66.6 Å². The van der Waals surface area contributed by atoms with Crippen LogP contribution >= 0.6 is 0 Å². The first-order valence-electron chi connectivity index (χ1n) is 15.0. The summed E-state index contributed by atoms with van der Waals surface area (Å²) in [4.78, 5) is 14.0. The van der Waals surface area contributed by atoms with Crippen molar-refractivity contribution in [1.82, 2.24) is 15.0 Å². The topological polar surface area (TPSA) is 89.7 Å². The van der Waals surface area contributed by atoms with Crippen molar-refractivity contribution in [2.75, 3.05) is 25.2 Å². The lowest BCUT2D eigenvalue weighted by Gasteiger charge is -2.36. The number of benzene rings is 2. The number of methoxy groups -OCH3 is 1. The molecule has 2 aromatic carbocycles. The van der Waals surface area contributed by atoms with Gasteiger partial charge >= 0.3 is 0 Å². The summed E-state index contributed by atoms with van der Waals surface area (Å²) in [6, 6.07) is 17.2. The third-order valence-electron chi connectivity index (χ3n) is 9.21. The highest BCUT2D eigenvalue weighted by atomic mass is 28.3. The number of aromatic nitrogens is 3. The SMILES string of the molecule is COc1ccc([Si](C)(C)[C@H]2[C@H](C)[C@H](CCc3ccc(N4CCCC4=O)cc3)O[C@@H]2CCn2cc(CCO)nn2)cc1. The number of carbonyl (C=O) groups excluding carboxylic acids is 1. The summed E-state index contributed by atoms with van der Waals surface area (Å²) in [5.74, 6) is 1.53. The van der Waals surface area contributed by atoms with E-state index in [9.17, 15) is 9.90 Å². The van der Waals surface area contributed by atoms with Crippen molar-refractivity contribution in [3.05, 3.63) is 66.0 Å². The van der Waals surface area contributed by atoms with Gasteiger partial charge in [0.15, 0.2) is 0 Å². The van der Waals surface area contributed by atoms with Crippen LogP contribution in [0.3, 0.4) is 0 Å². The molecular weight excluding hydrogens is 532 g/mol. The van der Waals surface area contributed by atoms with Gasteiger partial charge in [0, 0.05) is 44.4 Å². The number of aliphatic hydroxyl groups is 1. The minimum atomic E-state index is -1.93. The van der Waals surface area contributed by atoms with Gasteiger partial charge in [-0.15, -0.1) is 5.10 Å². The summed E-state index contributed by atoms with van der Waals surface area (Å²) < 4.78 is 14.2. The zero-order chi connectivity index (χ0) is 29.0. The summed E-state index contributed by atoms with van der Waals surface area (Å²) in [5.41, 5.74) is 3.55. The lowest BCUT2D eigenvalue weighted by atomic mass is 9.95. The van der Waals surface area contributed by atoms with Crippen molar-refractivity contribution in [3.63, 3.8) is 0 Å². The highest BCUT2D eigenvalue weighted by Crippen LogP contribution is 2.46. The fourth-order valence-electron chi connectivity index (χ4n) is 6.93. The molecule has 9 heteroatoms. The quantitative estimate of drug-likeness (QED) is 0.322. The van der Waals surface area contributed by atoms with Gasteiger partial charge in [0.25, 0.3) is 0 Å². The van der Waals surface area contributed by atoms with E-state index in [-0.39, 0.29) is 24.7 Å². The molecule has 41 heavy (non-hydrogen) atoms. The molecule has 5 rings (SSSR count). The Labute approximate surface area is 244 Å². The summed E-state index contributed by atoms with van der Waals surface area (Å²) >= 11 is 0. The van der Waals surface area contributed by atoms with E-state index in [0.29, 0.717) is 24.3 Å². The summed E-state index contributed by atoms with van der Waals surface area (Å²) in [7, 11) is -0.221. The first-order valence-corrected chi connectivity index (χ1v) is 18.1. The lowest BCUT2D eigenvalue weighted by molar-refractivity contribution is -0.117. The predicted octanol–water partition coefficient (Wildman–Crippen LogP) is 4.36. The number of rotatable bonds is 12. The second-order valence-electron chi connectivity index (χ2n) is 12.1. The number of amides is 1. The van der Waals surface area contributed by atoms with Crippen LogP contribution in [0.15, 0.2) is 54.7 Å². The predicted molar refractivity (Wildman–Crippen MR) is 163 cm³/mol. The van der Waals surface area contributed by atoms with Crippen molar-refractivity contribution < 1.29 is 19.4 Å². The second-order valence-corrected chi connectivity index (χ2v) is 16.8. The van der Waals surface area contributed by atoms with Crippen molar-refractivity contribution >= 4 is 24.9 Å². The number of ether oxygens (including phenoxy) is 2. The van der Waals surface area contributed by atoms with Crippen LogP contribution in [0.5, 0.6) is 5.75 Å². The van der Waals surface area contributed by atoms with E-state index in [0.717, 1.165) is 55.9 Å². The maximum Gasteiger partial charge on any atom is 0.227 e. The number of hydrogen-bond acceptors (Lipinski definition) is 6. The molecular formula is C32H44N4O4Si. The van der Waals surface area contributed by atoms with Crippen LogP contribution in [0.2, 0.25) is 18.6 Å². The Hall–Kier alpha value is -3.01. The van der Waals surface area contributed by atoms with E-state index < -0.39 is 8.07 Å². The fourth-order valence-corrected chi connectivity index (χ4v) is 11.0. The van der Waals surface area contributed by atoms with Crippen LogP contribution in [0, 0.1) is 5.92 Å². The van der Waals surface area contributed by atoms with E-state index >= 15 is 0 Å². The number of aliphatic hydroxyl groups excluding tert-OH is 1. The van der Waals surface area contributed by atoms with Crippen LogP contribution < -0.4 is 14.8 Å². The number of carbonyl (C=O) groups is 1. The van der Waals surface area contributed by atoms with Gasteiger partial charge in [-0.3, -0.25) is 9.48 Å². The van der Waals surface area contributed by atoms with Gasteiger partial charge in [-0.1, -0.05) is 54.7 Å². The van der Waals surface area contributed by atoms with E-state index in [1.807, 2.05) is 15.8 Å². The Bertz CT molecular complexity index is 1290. The monoisotopic (exact) mass is 576 g/mol. The van der Waals surface area contributed by atoms with Gasteiger partial charge in [0.05, 0.1) is 33.1 Å². The maximum absolute atomic E-state index is 12.1. The first kappa shape index (κ1) is 29.5. The molecule has 2 aliphatic rings. The zero-order valence-corrected chi connectivity index (χ0v) is 25.8. The minimum Gasteiger partial charge on any atom is -0.497 e. The molecule has 1 N–H and O–H groups in total. The molecule has 2 saturated heterocycles. The van der Waals surface area contributed by atoms with E-state index in [4.69, 9.17) is 9.47 Å². The first-order chi connectivity index (χ1) is 19.8. The third kappa shape index (κ3) is 6.57. The molecule has 2 aliphatic heterocycles. The van der Waals surface area contributed by atoms with Gasteiger partial charge < -0.3 is 19.5 Å². The molecule has 0 unspecified atom stereocenters. The maximum atomic E-state index is 12.1. The molecule has 3 heterocycles. The van der Waals surface area contributed by atoms with Crippen LogP contribution in [-0.2, 0) is 28.9 Å². The molecule has 1 amide bonds. The minimum absolute atomic E-state index is 0.0758. The molecule has 0 radical (unpaired) electrons. The Morgan fingerprint density at radius 2 is 1.80 bits per heavy atom. The molecule has 4 atom stereocenters. The summed E-state index contributed by atoms with van der Waals surface area (Å²) in [6.45, 7) is 8.96. The third-order valence-corrected chi connectivity index (χ3v) is 13.6. The summed E-state index contributed by atoms with van der Waals surface area (Å²) in [5, 5.41) is 19.2.